The molecule has 66 valence electrons. The summed E-state index contributed by atoms with van der Waals surface area (Å²) < 4.78 is 1.64. The second-order valence-corrected chi connectivity index (χ2v) is 3.20. The van der Waals surface area contributed by atoms with Gasteiger partial charge < -0.3 is 10.4 Å². The average Bonchev–Trinajstić information content (AvgIpc) is 2.65. The van der Waals surface area contributed by atoms with Crippen LogP contribution < -0.4 is 10.9 Å². The zero-order valence-corrected chi connectivity index (χ0v) is 6.92. The van der Waals surface area contributed by atoms with Crippen LogP contribution in [0, 0.1) is 0 Å². The fourth-order valence-electron chi connectivity index (χ4n) is 1.63. The van der Waals surface area contributed by atoms with Crippen LogP contribution in [0.2, 0.25) is 0 Å². The summed E-state index contributed by atoms with van der Waals surface area (Å²) in [4.78, 5) is 11.1. The van der Waals surface area contributed by atoms with Crippen LogP contribution in [0.15, 0.2) is 17.1 Å². The highest BCUT2D eigenvalue weighted by Gasteiger charge is 2.14. The summed E-state index contributed by atoms with van der Waals surface area (Å²) in [6, 6.07) is 2.02. The van der Waals surface area contributed by atoms with Crippen LogP contribution in [0.4, 0.5) is 0 Å². The van der Waals surface area contributed by atoms with Crippen molar-refractivity contribution in [2.24, 2.45) is 0 Å². The fourth-order valence-corrected chi connectivity index (χ4v) is 1.63. The quantitative estimate of drug-likeness (QED) is 0.647. The monoisotopic (exact) mass is 167 g/mol. The van der Waals surface area contributed by atoms with Crippen LogP contribution >= 0.6 is 0 Å². The van der Waals surface area contributed by atoms with Gasteiger partial charge in [0.15, 0.2) is 0 Å². The van der Waals surface area contributed by atoms with E-state index in [0.717, 1.165) is 13.1 Å². The molecule has 1 atom stereocenters. The minimum Gasteiger partial charge on any atom is -0.312 e. The van der Waals surface area contributed by atoms with E-state index < -0.39 is 0 Å². The third-order valence-corrected chi connectivity index (χ3v) is 2.29. The molecule has 4 nitrogen and oxygen atoms in total. The predicted octanol–water partition coefficient (Wildman–Crippen LogP) is -0.0716. The molecule has 1 aliphatic heterocycles. The van der Waals surface area contributed by atoms with E-state index in [2.05, 4.69) is 10.4 Å². The Labute approximate surface area is 70.6 Å². The van der Waals surface area contributed by atoms with Gasteiger partial charge in [-0.15, -0.1) is 0 Å². The maximum Gasteiger partial charge on any atom is 0.266 e. The van der Waals surface area contributed by atoms with Crippen molar-refractivity contribution >= 4 is 0 Å². The van der Waals surface area contributed by atoms with Gasteiger partial charge in [-0.1, -0.05) is 0 Å². The van der Waals surface area contributed by atoms with Crippen molar-refractivity contribution in [3.63, 3.8) is 0 Å². The van der Waals surface area contributed by atoms with E-state index in [1.165, 1.54) is 12.8 Å². The summed E-state index contributed by atoms with van der Waals surface area (Å²) >= 11 is 0. The van der Waals surface area contributed by atoms with Gasteiger partial charge in [0.2, 0.25) is 0 Å². The fraction of sp³-hybridized carbons (Fsp3) is 0.625. The van der Waals surface area contributed by atoms with Crippen molar-refractivity contribution in [3.05, 3.63) is 22.6 Å². The Balaban J connectivity index is 2.03. The highest BCUT2D eigenvalue weighted by Crippen LogP contribution is 2.05. The van der Waals surface area contributed by atoms with Crippen LogP contribution in [-0.2, 0) is 6.54 Å². The number of hydrogen-bond acceptors (Lipinski definition) is 2. The molecule has 1 aromatic rings. The molecule has 2 rings (SSSR count). The highest BCUT2D eigenvalue weighted by atomic mass is 16.1. The van der Waals surface area contributed by atoms with Gasteiger partial charge >= 0.3 is 0 Å². The first-order valence-electron chi connectivity index (χ1n) is 4.34. The van der Waals surface area contributed by atoms with Gasteiger partial charge in [-0.3, -0.25) is 9.48 Å². The number of aromatic nitrogens is 2. The third kappa shape index (κ3) is 1.43. The second kappa shape index (κ2) is 3.15. The number of H-pyrrole nitrogens is 1. The zero-order valence-electron chi connectivity index (χ0n) is 6.92. The van der Waals surface area contributed by atoms with Gasteiger partial charge in [-0.2, -0.15) is 0 Å². The molecule has 2 N–H and O–H groups in total. The Morgan fingerprint density at radius 3 is 3.17 bits per heavy atom. The lowest BCUT2D eigenvalue weighted by molar-refractivity contribution is 0.467. The summed E-state index contributed by atoms with van der Waals surface area (Å²) in [5.74, 6) is 0. The first kappa shape index (κ1) is 7.61. The maximum absolute atomic E-state index is 11.1. The summed E-state index contributed by atoms with van der Waals surface area (Å²) in [7, 11) is 0. The highest BCUT2D eigenvalue weighted by molar-refractivity contribution is 4.83. The lowest BCUT2D eigenvalue weighted by Gasteiger charge is -2.09. The Morgan fingerprint density at radius 1 is 1.67 bits per heavy atom. The second-order valence-electron chi connectivity index (χ2n) is 3.20. The molecule has 2 heterocycles. The van der Waals surface area contributed by atoms with Crippen LogP contribution in [-0.4, -0.2) is 22.4 Å². The minimum absolute atomic E-state index is 0.0590. The van der Waals surface area contributed by atoms with Crippen molar-refractivity contribution in [1.29, 1.82) is 0 Å². The normalized spacial score (nSPS) is 23.2. The largest absolute Gasteiger partial charge is 0.312 e. The number of nitrogens with zero attached hydrogens (tertiary/aromatic N) is 1. The van der Waals surface area contributed by atoms with E-state index in [0.29, 0.717) is 6.04 Å². The maximum atomic E-state index is 11.1. The molecule has 0 aromatic carbocycles. The third-order valence-electron chi connectivity index (χ3n) is 2.29. The molecule has 1 aromatic heterocycles. The number of nitrogens with one attached hydrogen (secondary N) is 2. The first-order valence-corrected chi connectivity index (χ1v) is 4.34. The average molecular weight is 167 g/mol. The Kier molecular flexibility index (Phi) is 1.99. The van der Waals surface area contributed by atoms with Crippen molar-refractivity contribution in [1.82, 2.24) is 15.1 Å². The zero-order chi connectivity index (χ0) is 8.39. The number of aromatic amines is 1. The van der Waals surface area contributed by atoms with Crippen molar-refractivity contribution in [3.8, 4) is 0 Å². The molecule has 0 saturated carbocycles. The molecular formula is C8H13N3O. The Bertz CT molecular complexity index is 295. The number of rotatable bonds is 2. The summed E-state index contributed by atoms with van der Waals surface area (Å²) in [5.41, 5.74) is 0.0590. The van der Waals surface area contributed by atoms with Crippen molar-refractivity contribution in [2.45, 2.75) is 25.4 Å². The molecule has 4 heteroatoms. The van der Waals surface area contributed by atoms with E-state index >= 15 is 0 Å². The smallest absolute Gasteiger partial charge is 0.266 e. The first-order chi connectivity index (χ1) is 5.86. The molecule has 12 heavy (non-hydrogen) atoms. The molecular weight excluding hydrogens is 154 g/mol. The van der Waals surface area contributed by atoms with E-state index in [1.807, 2.05) is 0 Å². The molecule has 0 bridgehead atoms. The molecule has 0 radical (unpaired) electrons. The van der Waals surface area contributed by atoms with Crippen molar-refractivity contribution < 1.29 is 0 Å². The molecule has 0 unspecified atom stereocenters. The molecule has 0 spiro atoms. The van der Waals surface area contributed by atoms with E-state index in [1.54, 1.807) is 16.9 Å². The molecule has 0 aliphatic carbocycles. The summed E-state index contributed by atoms with van der Waals surface area (Å²) in [6.07, 6.45) is 4.07. The van der Waals surface area contributed by atoms with Gasteiger partial charge in [0.05, 0.1) is 6.54 Å². The molecule has 1 fully saturated rings. The van der Waals surface area contributed by atoms with Gasteiger partial charge in [0.1, 0.15) is 0 Å². The minimum atomic E-state index is 0.0590. The van der Waals surface area contributed by atoms with Crippen LogP contribution in [0.3, 0.4) is 0 Å². The lowest BCUT2D eigenvalue weighted by Crippen LogP contribution is -2.31. The molecule has 1 saturated heterocycles. The van der Waals surface area contributed by atoms with Gasteiger partial charge in [-0.25, -0.2) is 0 Å². The van der Waals surface area contributed by atoms with Gasteiger partial charge in [0.25, 0.3) is 5.56 Å². The van der Waals surface area contributed by atoms with E-state index in [-0.39, 0.29) is 5.56 Å². The number of hydrogen-bond donors (Lipinski definition) is 2. The lowest BCUT2D eigenvalue weighted by atomic mass is 10.2. The Hall–Kier alpha value is -1.03. The Morgan fingerprint density at radius 2 is 2.58 bits per heavy atom. The summed E-state index contributed by atoms with van der Waals surface area (Å²) in [5, 5.41) is 6.24. The SMILES string of the molecule is O=c1cc[nH]n1C[C@@H]1CCCN1. The summed E-state index contributed by atoms with van der Waals surface area (Å²) in [6.45, 7) is 1.85. The van der Waals surface area contributed by atoms with Gasteiger partial charge in [-0.05, 0) is 19.4 Å². The van der Waals surface area contributed by atoms with Gasteiger partial charge in [0, 0.05) is 18.3 Å². The van der Waals surface area contributed by atoms with Crippen LogP contribution in [0.25, 0.3) is 0 Å². The van der Waals surface area contributed by atoms with Crippen LogP contribution in [0.1, 0.15) is 12.8 Å². The van der Waals surface area contributed by atoms with E-state index in [4.69, 9.17) is 0 Å². The topological polar surface area (TPSA) is 49.8 Å². The molecule has 1 aliphatic rings. The predicted molar refractivity (Wildman–Crippen MR) is 46.1 cm³/mol. The van der Waals surface area contributed by atoms with E-state index in [9.17, 15) is 4.79 Å². The standard InChI is InChI=1S/C8H13N3O/c12-8-3-5-10-11(8)6-7-2-1-4-9-7/h3,5,7,9-10H,1-2,4,6H2/t7-/m0/s1. The van der Waals surface area contributed by atoms with Crippen LogP contribution in [0.5, 0.6) is 0 Å². The molecule has 0 amide bonds. The van der Waals surface area contributed by atoms with Crippen molar-refractivity contribution in [2.75, 3.05) is 6.54 Å².